The van der Waals surface area contributed by atoms with Crippen LogP contribution in [0.3, 0.4) is 0 Å². The van der Waals surface area contributed by atoms with Crippen molar-refractivity contribution in [3.8, 4) is 17.3 Å². The maximum Gasteiger partial charge on any atom is 0.263 e. The molecule has 0 amide bonds. The summed E-state index contributed by atoms with van der Waals surface area (Å²) in [6, 6.07) is 1.40. The van der Waals surface area contributed by atoms with Crippen molar-refractivity contribution < 1.29 is 9.63 Å². The van der Waals surface area contributed by atoms with Crippen molar-refractivity contribution in [2.75, 3.05) is 6.54 Å². The lowest BCUT2D eigenvalue weighted by Crippen LogP contribution is -2.21. The summed E-state index contributed by atoms with van der Waals surface area (Å²) in [6.45, 7) is 0.822. The Kier molecular flexibility index (Phi) is 3.31. The summed E-state index contributed by atoms with van der Waals surface area (Å²) in [5.41, 5.74) is 0.273. The number of nitrogens with zero attached hydrogens (tertiary/aromatic N) is 5. The van der Waals surface area contributed by atoms with Crippen molar-refractivity contribution in [3.63, 3.8) is 0 Å². The average molecular weight is 281 g/mol. The summed E-state index contributed by atoms with van der Waals surface area (Å²) in [5, 5.41) is 25.1. The maximum atomic E-state index is 9.62. The minimum absolute atomic E-state index is 0.0290. The molecule has 1 radical (unpaired) electrons. The van der Waals surface area contributed by atoms with Crippen LogP contribution in [0.15, 0.2) is 10.6 Å². The van der Waals surface area contributed by atoms with Crippen LogP contribution < -0.4 is 5.32 Å². The van der Waals surface area contributed by atoms with Crippen LogP contribution in [0.2, 0.25) is 5.15 Å². The van der Waals surface area contributed by atoms with E-state index in [1.165, 1.54) is 6.07 Å². The molecule has 3 rings (SSSR count). The Hall–Kier alpha value is -1.73. The highest BCUT2D eigenvalue weighted by atomic mass is 35.5. The van der Waals surface area contributed by atoms with Crippen LogP contribution in [0.4, 0.5) is 0 Å². The van der Waals surface area contributed by atoms with Crippen LogP contribution in [0, 0.1) is 0 Å². The predicted octanol–water partition coefficient (Wildman–Crippen LogP) is 1.71. The molecule has 7 nitrogen and oxygen atoms in total. The summed E-state index contributed by atoms with van der Waals surface area (Å²) < 4.78 is 5.13. The molecule has 1 atom stereocenters. The fourth-order valence-electron chi connectivity index (χ4n) is 2.00. The first-order chi connectivity index (χ1) is 9.24. The molecule has 1 N–H and O–H groups in total. The van der Waals surface area contributed by atoms with Crippen LogP contribution in [0.25, 0.3) is 11.5 Å². The normalized spacial score (nSPS) is 19.5. The monoisotopic (exact) mass is 280 g/mol. The highest BCUT2D eigenvalue weighted by Gasteiger charge is 2.23. The number of hydrogen-bond acceptors (Lipinski definition) is 6. The first-order valence-electron chi connectivity index (χ1n) is 5.97. The van der Waals surface area contributed by atoms with Gasteiger partial charge in [-0.25, -0.2) is 5.32 Å². The smallest absolute Gasteiger partial charge is 0.263 e. The molecule has 0 bridgehead atoms. The van der Waals surface area contributed by atoms with Gasteiger partial charge in [0.15, 0.2) is 11.0 Å². The van der Waals surface area contributed by atoms with E-state index in [4.69, 9.17) is 16.1 Å². The van der Waals surface area contributed by atoms with E-state index in [9.17, 15) is 5.11 Å². The molecule has 1 aliphatic rings. The molecule has 3 heterocycles. The Bertz CT molecular complexity index is 582. The lowest BCUT2D eigenvalue weighted by atomic mass is 10.0. The number of halogens is 1. The van der Waals surface area contributed by atoms with Crippen molar-refractivity contribution >= 4 is 11.6 Å². The van der Waals surface area contributed by atoms with Crippen molar-refractivity contribution in [1.29, 1.82) is 0 Å². The van der Waals surface area contributed by atoms with Crippen LogP contribution in [0.5, 0.6) is 5.88 Å². The Balaban J connectivity index is 1.89. The molecular formula is C11H11ClN5O2. The molecule has 1 aliphatic heterocycles. The van der Waals surface area contributed by atoms with Crippen LogP contribution in [0.1, 0.15) is 31.1 Å². The van der Waals surface area contributed by atoms with Crippen LogP contribution in [-0.2, 0) is 0 Å². The number of piperidine rings is 1. The average Bonchev–Trinajstić information content (AvgIpc) is 2.92. The van der Waals surface area contributed by atoms with Gasteiger partial charge in [0.05, 0.1) is 6.04 Å². The van der Waals surface area contributed by atoms with Gasteiger partial charge >= 0.3 is 0 Å². The molecule has 0 aliphatic carbocycles. The van der Waals surface area contributed by atoms with Crippen molar-refractivity contribution in [2.24, 2.45) is 0 Å². The second kappa shape index (κ2) is 5.10. The van der Waals surface area contributed by atoms with E-state index in [1.54, 1.807) is 0 Å². The fourth-order valence-corrected chi connectivity index (χ4v) is 2.14. The summed E-state index contributed by atoms with van der Waals surface area (Å²) in [7, 11) is 0. The van der Waals surface area contributed by atoms with E-state index in [-0.39, 0.29) is 28.5 Å². The predicted molar refractivity (Wildman–Crippen MR) is 65.6 cm³/mol. The third-order valence-corrected chi connectivity index (χ3v) is 3.13. The van der Waals surface area contributed by atoms with Gasteiger partial charge in [-0.2, -0.15) is 4.98 Å². The van der Waals surface area contributed by atoms with Gasteiger partial charge in [-0.3, -0.25) is 0 Å². The minimum Gasteiger partial charge on any atom is -0.492 e. The Morgan fingerprint density at radius 1 is 1.32 bits per heavy atom. The molecule has 2 aromatic heterocycles. The first kappa shape index (κ1) is 12.3. The zero-order chi connectivity index (χ0) is 13.2. The number of aromatic hydroxyl groups is 1. The number of aromatic nitrogens is 4. The Morgan fingerprint density at radius 3 is 3.00 bits per heavy atom. The highest BCUT2D eigenvalue weighted by molar-refractivity contribution is 6.29. The lowest BCUT2D eigenvalue weighted by Gasteiger charge is -2.17. The molecule has 19 heavy (non-hydrogen) atoms. The summed E-state index contributed by atoms with van der Waals surface area (Å²) in [5.74, 6) is 0.410. The zero-order valence-corrected chi connectivity index (χ0v) is 10.7. The van der Waals surface area contributed by atoms with Gasteiger partial charge in [-0.15, -0.1) is 10.2 Å². The van der Waals surface area contributed by atoms with E-state index >= 15 is 0 Å². The molecule has 0 spiro atoms. The van der Waals surface area contributed by atoms with Gasteiger partial charge in [0.2, 0.25) is 5.88 Å². The van der Waals surface area contributed by atoms with Crippen LogP contribution in [-0.4, -0.2) is 32.0 Å². The van der Waals surface area contributed by atoms with Crippen LogP contribution >= 0.6 is 11.6 Å². The molecule has 0 unspecified atom stereocenters. The Morgan fingerprint density at radius 2 is 2.21 bits per heavy atom. The van der Waals surface area contributed by atoms with Gasteiger partial charge < -0.3 is 9.63 Å². The first-order valence-corrected chi connectivity index (χ1v) is 6.34. The zero-order valence-electron chi connectivity index (χ0n) is 9.95. The van der Waals surface area contributed by atoms with E-state index < -0.39 is 0 Å². The Labute approximate surface area is 114 Å². The third kappa shape index (κ3) is 2.52. The molecule has 0 saturated carbocycles. The van der Waals surface area contributed by atoms with Gasteiger partial charge in [0.25, 0.3) is 5.89 Å². The second-order valence-corrected chi connectivity index (χ2v) is 4.67. The topological polar surface area (TPSA) is 99.0 Å². The van der Waals surface area contributed by atoms with E-state index in [0.29, 0.717) is 5.82 Å². The van der Waals surface area contributed by atoms with E-state index in [0.717, 1.165) is 25.8 Å². The highest BCUT2D eigenvalue weighted by Crippen LogP contribution is 2.29. The molecule has 2 aromatic rings. The minimum atomic E-state index is -0.291. The summed E-state index contributed by atoms with van der Waals surface area (Å²) >= 11 is 5.73. The molecular weight excluding hydrogens is 270 g/mol. The van der Waals surface area contributed by atoms with Gasteiger partial charge in [-0.1, -0.05) is 23.2 Å². The largest absolute Gasteiger partial charge is 0.492 e. The second-order valence-electron chi connectivity index (χ2n) is 4.28. The SMILES string of the molecule is Oc1nnc(Cl)cc1-c1nc([C@H]2CCCC[N]2)no1. The molecule has 1 saturated heterocycles. The maximum absolute atomic E-state index is 9.62. The summed E-state index contributed by atoms with van der Waals surface area (Å²) in [6.07, 6.45) is 3.12. The van der Waals surface area contributed by atoms with Crippen molar-refractivity contribution in [1.82, 2.24) is 25.7 Å². The van der Waals surface area contributed by atoms with Gasteiger partial charge in [0, 0.05) is 6.54 Å². The molecule has 1 fully saturated rings. The van der Waals surface area contributed by atoms with Gasteiger partial charge in [-0.05, 0) is 18.9 Å². The lowest BCUT2D eigenvalue weighted by molar-refractivity contribution is 0.360. The van der Waals surface area contributed by atoms with Crippen molar-refractivity contribution in [3.05, 3.63) is 17.0 Å². The summed E-state index contributed by atoms with van der Waals surface area (Å²) in [4.78, 5) is 4.25. The quantitative estimate of drug-likeness (QED) is 0.899. The van der Waals surface area contributed by atoms with Gasteiger partial charge in [0.1, 0.15) is 5.56 Å². The molecule has 99 valence electrons. The molecule has 0 aromatic carbocycles. The standard InChI is InChI=1S/C11H11ClN5O2/c12-8-5-6(10(18)16-15-8)11-14-9(17-19-11)7-3-1-2-4-13-7/h5,7H,1-4H2,(H,16,18)/t7-/m1/s1. The van der Waals surface area contributed by atoms with E-state index in [2.05, 4.69) is 25.7 Å². The van der Waals surface area contributed by atoms with E-state index in [1.807, 2.05) is 0 Å². The van der Waals surface area contributed by atoms with Crippen molar-refractivity contribution in [2.45, 2.75) is 25.3 Å². The number of hydrogen-bond donors (Lipinski definition) is 1. The molecule has 8 heteroatoms. The number of rotatable bonds is 2. The fraction of sp³-hybridized carbons (Fsp3) is 0.455. The third-order valence-electron chi connectivity index (χ3n) is 2.95.